The number of aryl methyl sites for hydroxylation is 1. The van der Waals surface area contributed by atoms with Gasteiger partial charge in [0.25, 0.3) is 0 Å². The van der Waals surface area contributed by atoms with E-state index in [1.807, 2.05) is 6.07 Å². The van der Waals surface area contributed by atoms with E-state index in [4.69, 9.17) is 9.47 Å². The second-order valence-corrected chi connectivity index (χ2v) is 7.55. The van der Waals surface area contributed by atoms with Gasteiger partial charge in [-0.3, -0.25) is 0 Å². The number of methoxy groups -OCH3 is 2. The highest BCUT2D eigenvalue weighted by Gasteiger charge is 2.28. The second-order valence-electron chi connectivity index (χ2n) is 7.55. The first-order chi connectivity index (χ1) is 13.0. The molecule has 1 atom stereocenters. The van der Waals surface area contributed by atoms with Crippen LogP contribution in [0.1, 0.15) is 41.0 Å². The SMILES string of the molecule is COc1cc(C)c2c(c1OC)CCCC2CN(C)CCc1cccc(F)c1. The molecule has 0 amide bonds. The predicted octanol–water partition coefficient (Wildman–Crippen LogP) is 4.75. The van der Waals surface area contributed by atoms with Crippen LogP contribution in [-0.2, 0) is 12.8 Å². The van der Waals surface area contributed by atoms with Crippen molar-refractivity contribution < 1.29 is 13.9 Å². The lowest BCUT2D eigenvalue weighted by atomic mass is 9.79. The van der Waals surface area contributed by atoms with Gasteiger partial charge in [0.15, 0.2) is 11.5 Å². The van der Waals surface area contributed by atoms with Gasteiger partial charge in [0.1, 0.15) is 5.82 Å². The molecule has 0 heterocycles. The Bertz CT molecular complexity index is 790. The zero-order valence-corrected chi connectivity index (χ0v) is 16.8. The van der Waals surface area contributed by atoms with Crippen molar-refractivity contribution in [2.75, 3.05) is 34.4 Å². The van der Waals surface area contributed by atoms with Crippen LogP contribution in [0.2, 0.25) is 0 Å². The number of hydrogen-bond acceptors (Lipinski definition) is 3. The second kappa shape index (κ2) is 8.75. The van der Waals surface area contributed by atoms with Crippen LogP contribution in [0.15, 0.2) is 30.3 Å². The van der Waals surface area contributed by atoms with Crippen molar-refractivity contribution in [3.05, 3.63) is 58.4 Å². The zero-order valence-electron chi connectivity index (χ0n) is 16.8. The molecule has 1 aliphatic rings. The molecule has 0 fully saturated rings. The number of halogens is 1. The highest BCUT2D eigenvalue weighted by Crippen LogP contribution is 2.44. The van der Waals surface area contributed by atoms with Gasteiger partial charge in [0, 0.05) is 18.7 Å². The summed E-state index contributed by atoms with van der Waals surface area (Å²) in [5, 5.41) is 0. The summed E-state index contributed by atoms with van der Waals surface area (Å²) in [6, 6.07) is 9.00. The molecule has 4 heteroatoms. The fraction of sp³-hybridized carbons (Fsp3) is 0.478. The van der Waals surface area contributed by atoms with E-state index in [9.17, 15) is 4.39 Å². The lowest BCUT2D eigenvalue weighted by molar-refractivity contribution is 0.297. The number of fused-ring (bicyclic) bond motifs is 1. The summed E-state index contributed by atoms with van der Waals surface area (Å²) in [6.07, 6.45) is 4.25. The minimum absolute atomic E-state index is 0.159. The molecule has 0 N–H and O–H groups in total. The van der Waals surface area contributed by atoms with Crippen molar-refractivity contribution in [1.82, 2.24) is 4.90 Å². The largest absolute Gasteiger partial charge is 0.493 e. The maximum absolute atomic E-state index is 13.4. The van der Waals surface area contributed by atoms with Crippen molar-refractivity contribution in [1.29, 1.82) is 0 Å². The van der Waals surface area contributed by atoms with Gasteiger partial charge in [0.05, 0.1) is 14.2 Å². The maximum atomic E-state index is 13.4. The molecule has 0 aromatic heterocycles. The molecule has 3 nitrogen and oxygen atoms in total. The predicted molar refractivity (Wildman–Crippen MR) is 108 cm³/mol. The molecule has 0 saturated heterocycles. The first-order valence-electron chi connectivity index (χ1n) is 9.70. The molecule has 0 radical (unpaired) electrons. The number of nitrogens with zero attached hydrogens (tertiary/aromatic N) is 1. The van der Waals surface area contributed by atoms with E-state index in [0.717, 1.165) is 43.0 Å². The van der Waals surface area contributed by atoms with Crippen molar-refractivity contribution in [2.24, 2.45) is 0 Å². The molecule has 27 heavy (non-hydrogen) atoms. The topological polar surface area (TPSA) is 21.7 Å². The lowest BCUT2D eigenvalue weighted by Gasteiger charge is -2.32. The Morgan fingerprint density at radius 1 is 1.19 bits per heavy atom. The van der Waals surface area contributed by atoms with Crippen LogP contribution in [0.25, 0.3) is 0 Å². The van der Waals surface area contributed by atoms with Gasteiger partial charge in [-0.2, -0.15) is 0 Å². The summed E-state index contributed by atoms with van der Waals surface area (Å²) in [4.78, 5) is 2.36. The number of benzene rings is 2. The normalized spacial score (nSPS) is 16.3. The Morgan fingerprint density at radius 2 is 2.00 bits per heavy atom. The average molecular weight is 371 g/mol. The standard InChI is InChI=1S/C23H30FNO2/c1-16-13-21(26-3)23(27-4)20-10-6-8-18(22(16)20)15-25(2)12-11-17-7-5-9-19(24)14-17/h5,7,9,13-14,18H,6,8,10-12,15H2,1-4H3. The summed E-state index contributed by atoms with van der Waals surface area (Å²) >= 11 is 0. The van der Waals surface area contributed by atoms with Crippen LogP contribution in [0.4, 0.5) is 4.39 Å². The van der Waals surface area contributed by atoms with Crippen LogP contribution in [-0.4, -0.2) is 39.3 Å². The number of rotatable bonds is 7. The molecule has 0 spiro atoms. The van der Waals surface area contributed by atoms with Crippen LogP contribution >= 0.6 is 0 Å². The molecule has 1 unspecified atom stereocenters. The summed E-state index contributed by atoms with van der Waals surface area (Å²) in [6.45, 7) is 4.09. The quantitative estimate of drug-likeness (QED) is 0.701. The van der Waals surface area contributed by atoms with E-state index in [0.29, 0.717) is 5.92 Å². The van der Waals surface area contributed by atoms with Gasteiger partial charge in [-0.25, -0.2) is 4.39 Å². The number of hydrogen-bond donors (Lipinski definition) is 0. The van der Waals surface area contributed by atoms with Gasteiger partial charge in [0.2, 0.25) is 0 Å². The van der Waals surface area contributed by atoms with E-state index in [1.165, 1.54) is 35.6 Å². The van der Waals surface area contributed by atoms with Crippen LogP contribution in [0.3, 0.4) is 0 Å². The third-order valence-corrected chi connectivity index (χ3v) is 5.61. The molecule has 2 aromatic carbocycles. The van der Waals surface area contributed by atoms with E-state index < -0.39 is 0 Å². The Kier molecular flexibility index (Phi) is 6.38. The number of ether oxygens (including phenoxy) is 2. The van der Waals surface area contributed by atoms with Crippen LogP contribution < -0.4 is 9.47 Å². The molecule has 0 bridgehead atoms. The highest BCUT2D eigenvalue weighted by molar-refractivity contribution is 5.56. The summed E-state index contributed by atoms with van der Waals surface area (Å²) < 4.78 is 24.6. The van der Waals surface area contributed by atoms with E-state index in [-0.39, 0.29) is 5.82 Å². The smallest absolute Gasteiger partial charge is 0.164 e. The Hall–Kier alpha value is -2.07. The van der Waals surface area contributed by atoms with E-state index >= 15 is 0 Å². The summed E-state index contributed by atoms with van der Waals surface area (Å²) in [5.74, 6) is 2.05. The Labute approximate surface area is 162 Å². The first-order valence-corrected chi connectivity index (χ1v) is 9.70. The molecule has 0 saturated carbocycles. The molecule has 0 aliphatic heterocycles. The molecule has 3 rings (SSSR count). The first kappa shape index (κ1) is 19.7. The average Bonchev–Trinajstić information content (AvgIpc) is 2.66. The highest BCUT2D eigenvalue weighted by atomic mass is 19.1. The van der Waals surface area contributed by atoms with Crippen molar-refractivity contribution in [3.8, 4) is 11.5 Å². The van der Waals surface area contributed by atoms with Crippen molar-refractivity contribution in [3.63, 3.8) is 0 Å². The Morgan fingerprint density at radius 3 is 2.70 bits per heavy atom. The van der Waals surface area contributed by atoms with E-state index in [1.54, 1.807) is 26.4 Å². The third kappa shape index (κ3) is 4.44. The molecule has 1 aliphatic carbocycles. The molecular weight excluding hydrogens is 341 g/mol. The molecule has 146 valence electrons. The van der Waals surface area contributed by atoms with Crippen LogP contribution in [0.5, 0.6) is 11.5 Å². The van der Waals surface area contributed by atoms with Crippen molar-refractivity contribution in [2.45, 2.75) is 38.5 Å². The zero-order chi connectivity index (χ0) is 19.4. The minimum Gasteiger partial charge on any atom is -0.493 e. The fourth-order valence-corrected chi connectivity index (χ4v) is 4.37. The van der Waals surface area contributed by atoms with Gasteiger partial charge in [-0.1, -0.05) is 12.1 Å². The van der Waals surface area contributed by atoms with Crippen molar-refractivity contribution >= 4 is 0 Å². The van der Waals surface area contributed by atoms with Gasteiger partial charge >= 0.3 is 0 Å². The molecular formula is C23H30FNO2. The van der Waals surface area contributed by atoms with E-state index in [2.05, 4.69) is 24.9 Å². The van der Waals surface area contributed by atoms with Crippen LogP contribution in [0, 0.1) is 12.7 Å². The summed E-state index contributed by atoms with van der Waals surface area (Å²) in [7, 11) is 5.58. The third-order valence-electron chi connectivity index (χ3n) is 5.61. The fourth-order valence-electron chi connectivity index (χ4n) is 4.37. The maximum Gasteiger partial charge on any atom is 0.164 e. The van der Waals surface area contributed by atoms with Gasteiger partial charge in [-0.15, -0.1) is 0 Å². The molecule has 2 aromatic rings. The minimum atomic E-state index is -0.159. The Balaban J connectivity index is 1.73. The number of likely N-dealkylation sites (N-methyl/N-ethyl adjacent to an activating group) is 1. The van der Waals surface area contributed by atoms with Gasteiger partial charge < -0.3 is 14.4 Å². The summed E-state index contributed by atoms with van der Waals surface area (Å²) in [5.41, 5.74) is 5.07. The lowest BCUT2D eigenvalue weighted by Crippen LogP contribution is -2.29. The monoisotopic (exact) mass is 371 g/mol. The van der Waals surface area contributed by atoms with Gasteiger partial charge in [-0.05, 0) is 80.5 Å².